The topological polar surface area (TPSA) is 106 Å². The summed E-state index contributed by atoms with van der Waals surface area (Å²) in [5.74, 6) is 0.337. The van der Waals surface area contributed by atoms with Gasteiger partial charge in [0.15, 0.2) is 0 Å². The minimum Gasteiger partial charge on any atom is -0.459 e. The molecule has 1 saturated carbocycles. The second-order valence-corrected chi connectivity index (χ2v) is 10.9. The van der Waals surface area contributed by atoms with Crippen molar-refractivity contribution < 1.29 is 18.9 Å². The van der Waals surface area contributed by atoms with Crippen LogP contribution in [0.4, 0.5) is 17.1 Å². The van der Waals surface area contributed by atoms with Crippen LogP contribution in [-0.4, -0.2) is 22.3 Å². The molecule has 0 saturated heterocycles. The van der Waals surface area contributed by atoms with E-state index < -0.39 is 16.9 Å². The van der Waals surface area contributed by atoms with Crippen LogP contribution in [0.1, 0.15) is 64.7 Å². The molecule has 0 spiro atoms. The first-order valence-corrected chi connectivity index (χ1v) is 13.0. The van der Waals surface area contributed by atoms with E-state index in [-0.39, 0.29) is 22.8 Å². The second-order valence-electron chi connectivity index (χ2n) is 10.9. The first kappa shape index (κ1) is 25.6. The van der Waals surface area contributed by atoms with E-state index in [4.69, 9.17) is 9.41 Å². The van der Waals surface area contributed by atoms with Crippen molar-refractivity contribution in [3.8, 4) is 11.3 Å². The molecule has 0 N–H and O–H groups in total. The number of rotatable bonds is 6. The maximum absolute atomic E-state index is 13.8. The predicted molar refractivity (Wildman–Crippen MR) is 146 cm³/mol. The number of hydrogen-bond acceptors (Lipinski definition) is 6. The van der Waals surface area contributed by atoms with E-state index in [0.29, 0.717) is 47.7 Å². The molecule has 0 radical (unpaired) electrons. The molecule has 196 valence electrons. The fourth-order valence-electron chi connectivity index (χ4n) is 5.56. The normalized spacial score (nSPS) is 20.2. The van der Waals surface area contributed by atoms with Gasteiger partial charge in [0.05, 0.1) is 22.2 Å². The molecule has 2 atom stereocenters. The van der Waals surface area contributed by atoms with Crippen LogP contribution in [0.3, 0.4) is 0 Å². The van der Waals surface area contributed by atoms with Gasteiger partial charge in [0.2, 0.25) is 5.91 Å². The standard InChI is InChI=1S/C30H31N3O5/c1-4-5-10-27(35)32-23-9-7-6-8-21(23)31-22-17-30(2,3)18-24(34)28(22)29(32)26-16-15-25(38-26)19-11-13-20(14-12-19)33(36)37/h6-9,11-16,28-29H,4-5,10,17-18H2,1-3H3. The zero-order chi connectivity index (χ0) is 27.0. The number of fused-ring (bicyclic) bond motifs is 2. The lowest BCUT2D eigenvalue weighted by molar-refractivity contribution is -0.384. The van der Waals surface area contributed by atoms with Crippen LogP contribution in [0.15, 0.2) is 70.1 Å². The van der Waals surface area contributed by atoms with Gasteiger partial charge in [-0.3, -0.25) is 29.6 Å². The van der Waals surface area contributed by atoms with Crippen LogP contribution in [0, 0.1) is 21.4 Å². The number of carbonyl (C=O) groups is 2. The molecule has 8 nitrogen and oxygen atoms in total. The number of para-hydroxylation sites is 2. The number of aliphatic imine (C=N–C) groups is 1. The van der Waals surface area contributed by atoms with Crippen molar-refractivity contribution >= 4 is 34.5 Å². The summed E-state index contributed by atoms with van der Waals surface area (Å²) in [5.41, 5.74) is 2.53. The van der Waals surface area contributed by atoms with Crippen LogP contribution < -0.4 is 4.90 Å². The summed E-state index contributed by atoms with van der Waals surface area (Å²) in [6.07, 6.45) is 2.97. The van der Waals surface area contributed by atoms with E-state index in [2.05, 4.69) is 13.8 Å². The highest BCUT2D eigenvalue weighted by molar-refractivity contribution is 6.13. The Labute approximate surface area is 221 Å². The van der Waals surface area contributed by atoms with Crippen molar-refractivity contribution in [1.29, 1.82) is 0 Å². The first-order chi connectivity index (χ1) is 18.2. The average molecular weight is 514 g/mol. The van der Waals surface area contributed by atoms with Crippen LogP contribution >= 0.6 is 0 Å². The van der Waals surface area contributed by atoms with Gasteiger partial charge in [0, 0.05) is 36.2 Å². The van der Waals surface area contributed by atoms with Gasteiger partial charge in [-0.25, -0.2) is 0 Å². The summed E-state index contributed by atoms with van der Waals surface area (Å²) in [4.78, 5) is 44.9. The zero-order valence-corrected chi connectivity index (χ0v) is 21.8. The number of ketones is 1. The number of hydrogen-bond donors (Lipinski definition) is 0. The summed E-state index contributed by atoms with van der Waals surface area (Å²) in [5, 5.41) is 11.1. The van der Waals surface area contributed by atoms with E-state index in [1.807, 2.05) is 31.2 Å². The van der Waals surface area contributed by atoms with Crippen LogP contribution in [0.2, 0.25) is 0 Å². The van der Waals surface area contributed by atoms with Gasteiger partial charge < -0.3 is 4.42 Å². The van der Waals surface area contributed by atoms with Gasteiger partial charge in [-0.15, -0.1) is 0 Å². The van der Waals surface area contributed by atoms with Crippen molar-refractivity contribution in [3.63, 3.8) is 0 Å². The fraction of sp³-hybridized carbons (Fsp3) is 0.367. The third-order valence-electron chi connectivity index (χ3n) is 7.31. The molecule has 8 heteroatoms. The number of unbranched alkanes of at least 4 members (excludes halogenated alkanes) is 1. The lowest BCUT2D eigenvalue weighted by Gasteiger charge is -2.40. The number of amides is 1. The van der Waals surface area contributed by atoms with Gasteiger partial charge in [0.25, 0.3) is 5.69 Å². The van der Waals surface area contributed by atoms with Crippen molar-refractivity contribution in [2.45, 2.75) is 58.9 Å². The SMILES string of the molecule is CCCCC(=O)N1c2ccccc2N=C2CC(C)(C)CC(=O)C2C1c1ccc(-c2ccc([N+](=O)[O-])cc2)o1. The molecule has 38 heavy (non-hydrogen) atoms. The molecule has 2 aromatic carbocycles. The summed E-state index contributed by atoms with van der Waals surface area (Å²) < 4.78 is 6.34. The van der Waals surface area contributed by atoms with Crippen LogP contribution in [0.25, 0.3) is 11.3 Å². The molecule has 1 aliphatic carbocycles. The largest absolute Gasteiger partial charge is 0.459 e. The Bertz CT molecular complexity index is 1420. The van der Waals surface area contributed by atoms with Crippen molar-refractivity contribution in [2.24, 2.45) is 16.3 Å². The molecular formula is C30H31N3O5. The Balaban J connectivity index is 1.65. The Hall–Kier alpha value is -4.07. The number of nitro groups is 1. The first-order valence-electron chi connectivity index (χ1n) is 13.0. The Morgan fingerprint density at radius 3 is 2.55 bits per heavy atom. The van der Waals surface area contributed by atoms with E-state index in [1.165, 1.54) is 12.1 Å². The van der Waals surface area contributed by atoms with Crippen LogP contribution in [0.5, 0.6) is 0 Å². The van der Waals surface area contributed by atoms with Crippen molar-refractivity contribution in [1.82, 2.24) is 0 Å². The highest BCUT2D eigenvalue weighted by Gasteiger charge is 2.48. The van der Waals surface area contributed by atoms with Crippen molar-refractivity contribution in [2.75, 3.05) is 4.90 Å². The molecule has 0 bridgehead atoms. The van der Waals surface area contributed by atoms with Gasteiger partial charge in [-0.2, -0.15) is 0 Å². The number of carbonyl (C=O) groups excluding carboxylic acids is 2. The van der Waals surface area contributed by atoms with Crippen molar-refractivity contribution in [3.05, 3.63) is 76.5 Å². The predicted octanol–water partition coefficient (Wildman–Crippen LogP) is 7.21. The van der Waals surface area contributed by atoms with E-state index in [0.717, 1.165) is 18.6 Å². The number of non-ortho nitro benzene ring substituents is 1. The van der Waals surface area contributed by atoms with Gasteiger partial charge in [0.1, 0.15) is 23.3 Å². The molecule has 2 aliphatic rings. The lowest BCUT2D eigenvalue weighted by Crippen LogP contribution is -2.47. The number of nitro benzene ring substituents is 1. The van der Waals surface area contributed by atoms with E-state index >= 15 is 0 Å². The number of benzene rings is 2. The quantitative estimate of drug-likeness (QED) is 0.256. The van der Waals surface area contributed by atoms with Gasteiger partial charge in [-0.05, 0) is 54.7 Å². The van der Waals surface area contributed by atoms with E-state index in [1.54, 1.807) is 29.2 Å². The number of anilines is 1. The molecule has 5 rings (SSSR count). The minimum absolute atomic E-state index is 0.00938. The summed E-state index contributed by atoms with van der Waals surface area (Å²) >= 11 is 0. The minimum atomic E-state index is -0.683. The summed E-state index contributed by atoms with van der Waals surface area (Å²) in [6.45, 7) is 6.18. The molecule has 1 amide bonds. The van der Waals surface area contributed by atoms with E-state index in [9.17, 15) is 19.7 Å². The fourth-order valence-corrected chi connectivity index (χ4v) is 5.56. The Morgan fingerprint density at radius 2 is 1.84 bits per heavy atom. The van der Waals surface area contributed by atoms with Gasteiger partial charge >= 0.3 is 0 Å². The smallest absolute Gasteiger partial charge is 0.269 e. The zero-order valence-electron chi connectivity index (χ0n) is 21.8. The molecule has 2 heterocycles. The Morgan fingerprint density at radius 1 is 1.11 bits per heavy atom. The lowest BCUT2D eigenvalue weighted by atomic mass is 9.68. The highest BCUT2D eigenvalue weighted by atomic mass is 16.6. The maximum Gasteiger partial charge on any atom is 0.269 e. The Kier molecular flexibility index (Phi) is 6.73. The average Bonchev–Trinajstić information content (AvgIpc) is 3.31. The summed E-state index contributed by atoms with van der Waals surface area (Å²) in [7, 11) is 0. The number of nitrogens with zero attached hydrogens (tertiary/aromatic N) is 3. The third-order valence-corrected chi connectivity index (χ3v) is 7.31. The monoisotopic (exact) mass is 513 g/mol. The number of furan rings is 1. The maximum atomic E-state index is 13.8. The molecule has 3 aromatic rings. The van der Waals surface area contributed by atoms with Gasteiger partial charge in [-0.1, -0.05) is 39.3 Å². The third kappa shape index (κ3) is 4.78. The van der Waals surface area contributed by atoms with Crippen LogP contribution in [-0.2, 0) is 9.59 Å². The summed E-state index contributed by atoms with van der Waals surface area (Å²) in [6, 6.07) is 16.6. The molecule has 2 unspecified atom stereocenters. The molecule has 1 aromatic heterocycles. The second kappa shape index (κ2) is 10.0. The highest BCUT2D eigenvalue weighted by Crippen LogP contribution is 2.49. The molecular weight excluding hydrogens is 482 g/mol. The molecule has 1 fully saturated rings. The number of Topliss-reactive ketones (excluding diaryl/α,β-unsaturated/α-hetero) is 1. The molecule has 1 aliphatic heterocycles.